The molecule has 0 spiro atoms. The Labute approximate surface area is 93.8 Å². The van der Waals surface area contributed by atoms with Gasteiger partial charge in [0, 0.05) is 0 Å². The lowest BCUT2D eigenvalue weighted by Crippen LogP contribution is -2.02. The standard InChI is InChI=1S/C14H17P/c1-4-10-13(5-2)15(6-3)14-11-8-7-9-12-14/h4-5,7-12H,1-2,6H2,3H3/b13-10+. The second kappa shape index (κ2) is 6.37. The van der Waals surface area contributed by atoms with Crippen LogP contribution in [-0.4, -0.2) is 6.16 Å². The highest BCUT2D eigenvalue weighted by atomic mass is 31.1. The van der Waals surface area contributed by atoms with E-state index in [0.29, 0.717) is 0 Å². The Morgan fingerprint density at radius 1 is 1.27 bits per heavy atom. The van der Waals surface area contributed by atoms with Gasteiger partial charge < -0.3 is 0 Å². The molecule has 0 nitrogen and oxygen atoms in total. The van der Waals surface area contributed by atoms with E-state index in [1.165, 1.54) is 10.6 Å². The van der Waals surface area contributed by atoms with Gasteiger partial charge in [-0.15, -0.1) is 0 Å². The number of benzene rings is 1. The van der Waals surface area contributed by atoms with Crippen molar-refractivity contribution in [3.63, 3.8) is 0 Å². The van der Waals surface area contributed by atoms with Crippen LogP contribution in [-0.2, 0) is 0 Å². The van der Waals surface area contributed by atoms with Crippen molar-refractivity contribution in [2.24, 2.45) is 0 Å². The third-order valence-electron chi connectivity index (χ3n) is 2.19. The minimum atomic E-state index is -0.251. The van der Waals surface area contributed by atoms with E-state index in [9.17, 15) is 0 Å². The molecule has 0 saturated carbocycles. The Morgan fingerprint density at radius 3 is 2.40 bits per heavy atom. The van der Waals surface area contributed by atoms with E-state index in [-0.39, 0.29) is 7.92 Å². The molecule has 0 N–H and O–H groups in total. The molecule has 0 aliphatic rings. The van der Waals surface area contributed by atoms with Crippen LogP contribution in [0.25, 0.3) is 0 Å². The SMILES string of the molecule is C=C/C=C(\C=C)P(CC)c1ccccc1. The molecule has 1 aromatic carbocycles. The highest BCUT2D eigenvalue weighted by Gasteiger charge is 2.10. The molecule has 0 amide bonds. The Morgan fingerprint density at radius 2 is 1.93 bits per heavy atom. The van der Waals surface area contributed by atoms with Crippen LogP contribution in [0.15, 0.2) is 67.0 Å². The summed E-state index contributed by atoms with van der Waals surface area (Å²) in [6, 6.07) is 10.6. The summed E-state index contributed by atoms with van der Waals surface area (Å²) in [5, 5.41) is 2.71. The molecule has 0 heterocycles. The molecular weight excluding hydrogens is 199 g/mol. The van der Waals surface area contributed by atoms with E-state index in [4.69, 9.17) is 0 Å². The fourth-order valence-corrected chi connectivity index (χ4v) is 3.58. The second-order valence-electron chi connectivity index (χ2n) is 3.11. The first kappa shape index (κ1) is 11.9. The summed E-state index contributed by atoms with van der Waals surface area (Å²) in [6.45, 7) is 9.84. The van der Waals surface area contributed by atoms with Gasteiger partial charge in [-0.1, -0.05) is 68.6 Å². The van der Waals surface area contributed by atoms with Gasteiger partial charge in [0.05, 0.1) is 0 Å². The van der Waals surface area contributed by atoms with Crippen LogP contribution in [0.2, 0.25) is 0 Å². The van der Waals surface area contributed by atoms with Gasteiger partial charge in [0.25, 0.3) is 0 Å². The van der Waals surface area contributed by atoms with Crippen LogP contribution in [0.3, 0.4) is 0 Å². The van der Waals surface area contributed by atoms with Crippen molar-refractivity contribution in [3.8, 4) is 0 Å². The fourth-order valence-electron chi connectivity index (χ4n) is 1.51. The molecule has 1 rings (SSSR count). The summed E-state index contributed by atoms with van der Waals surface area (Å²) in [5.74, 6) is 0. The maximum Gasteiger partial charge on any atom is -0.0195 e. The van der Waals surface area contributed by atoms with Crippen LogP contribution >= 0.6 is 7.92 Å². The van der Waals surface area contributed by atoms with Gasteiger partial charge in [-0.05, 0) is 24.7 Å². The summed E-state index contributed by atoms with van der Waals surface area (Å²) >= 11 is 0. The van der Waals surface area contributed by atoms with Crippen molar-refractivity contribution in [2.45, 2.75) is 6.92 Å². The van der Waals surface area contributed by atoms with E-state index in [1.807, 2.05) is 12.2 Å². The molecule has 15 heavy (non-hydrogen) atoms. The number of rotatable bonds is 5. The van der Waals surface area contributed by atoms with Gasteiger partial charge in [-0.2, -0.15) is 0 Å². The fraction of sp³-hybridized carbons (Fsp3) is 0.143. The Bertz CT molecular complexity index is 349. The first-order valence-electron chi connectivity index (χ1n) is 5.11. The summed E-state index contributed by atoms with van der Waals surface area (Å²) in [4.78, 5) is 0. The van der Waals surface area contributed by atoms with Gasteiger partial charge in [0.1, 0.15) is 0 Å². The normalized spacial score (nSPS) is 13.3. The van der Waals surface area contributed by atoms with E-state index in [0.717, 1.165) is 6.16 Å². The van der Waals surface area contributed by atoms with E-state index in [1.54, 1.807) is 0 Å². The zero-order valence-electron chi connectivity index (χ0n) is 9.19. The van der Waals surface area contributed by atoms with E-state index in [2.05, 4.69) is 56.5 Å². The smallest absolute Gasteiger partial charge is 0.0195 e. The van der Waals surface area contributed by atoms with Crippen molar-refractivity contribution in [3.05, 3.63) is 67.0 Å². The molecule has 1 atom stereocenters. The predicted molar refractivity (Wildman–Crippen MR) is 72.0 cm³/mol. The Kier molecular flexibility index (Phi) is 5.07. The first-order chi connectivity index (χ1) is 7.33. The van der Waals surface area contributed by atoms with Crippen molar-refractivity contribution < 1.29 is 0 Å². The lowest BCUT2D eigenvalue weighted by atomic mass is 10.4. The predicted octanol–water partition coefficient (Wildman–Crippen LogP) is 4.07. The minimum Gasteiger partial charge on any atom is -0.0990 e. The third-order valence-corrected chi connectivity index (χ3v) is 4.70. The number of hydrogen-bond acceptors (Lipinski definition) is 0. The quantitative estimate of drug-likeness (QED) is 0.514. The van der Waals surface area contributed by atoms with Gasteiger partial charge >= 0.3 is 0 Å². The summed E-state index contributed by atoms with van der Waals surface area (Å²) in [5.41, 5.74) is 0. The molecule has 0 saturated heterocycles. The zero-order valence-corrected chi connectivity index (χ0v) is 10.1. The van der Waals surface area contributed by atoms with Crippen molar-refractivity contribution >= 4 is 13.2 Å². The highest BCUT2D eigenvalue weighted by molar-refractivity contribution is 7.69. The van der Waals surface area contributed by atoms with Crippen LogP contribution in [0.4, 0.5) is 0 Å². The Hall–Kier alpha value is -1.13. The summed E-state index contributed by atoms with van der Waals surface area (Å²) in [6.07, 6.45) is 7.00. The molecule has 0 radical (unpaired) electrons. The number of allylic oxidation sites excluding steroid dienone is 4. The molecule has 0 fully saturated rings. The molecular formula is C14H17P. The molecule has 0 aliphatic carbocycles. The summed E-state index contributed by atoms with van der Waals surface area (Å²) in [7, 11) is -0.251. The van der Waals surface area contributed by atoms with Gasteiger partial charge in [-0.3, -0.25) is 0 Å². The molecule has 1 unspecified atom stereocenters. The first-order valence-corrected chi connectivity index (χ1v) is 6.64. The van der Waals surface area contributed by atoms with Crippen molar-refractivity contribution in [1.82, 2.24) is 0 Å². The van der Waals surface area contributed by atoms with Crippen molar-refractivity contribution in [2.75, 3.05) is 6.16 Å². The maximum absolute atomic E-state index is 3.87. The van der Waals surface area contributed by atoms with E-state index >= 15 is 0 Å². The Balaban J connectivity index is 3.03. The topological polar surface area (TPSA) is 0 Å². The third kappa shape index (κ3) is 3.18. The largest absolute Gasteiger partial charge is 0.0990 e. The minimum absolute atomic E-state index is 0.251. The lowest BCUT2D eigenvalue weighted by molar-refractivity contribution is 1.50. The zero-order chi connectivity index (χ0) is 11.1. The molecule has 0 aromatic heterocycles. The number of hydrogen-bond donors (Lipinski definition) is 0. The lowest BCUT2D eigenvalue weighted by Gasteiger charge is -2.16. The van der Waals surface area contributed by atoms with Crippen LogP contribution in [0, 0.1) is 0 Å². The summed E-state index contributed by atoms with van der Waals surface area (Å²) < 4.78 is 0. The maximum atomic E-state index is 3.87. The van der Waals surface area contributed by atoms with E-state index < -0.39 is 0 Å². The molecule has 78 valence electrons. The van der Waals surface area contributed by atoms with Crippen LogP contribution in [0.1, 0.15) is 6.92 Å². The average molecular weight is 216 g/mol. The average Bonchev–Trinajstić information content (AvgIpc) is 2.30. The van der Waals surface area contributed by atoms with Crippen molar-refractivity contribution in [1.29, 1.82) is 0 Å². The molecule has 1 heteroatoms. The molecule has 0 bridgehead atoms. The molecule has 1 aromatic rings. The van der Waals surface area contributed by atoms with Gasteiger partial charge in [0.2, 0.25) is 0 Å². The van der Waals surface area contributed by atoms with Crippen LogP contribution in [0.5, 0.6) is 0 Å². The highest BCUT2D eigenvalue weighted by Crippen LogP contribution is 2.43. The van der Waals surface area contributed by atoms with Gasteiger partial charge in [-0.25, -0.2) is 0 Å². The second-order valence-corrected chi connectivity index (χ2v) is 5.63. The van der Waals surface area contributed by atoms with Crippen LogP contribution < -0.4 is 5.30 Å². The monoisotopic (exact) mass is 216 g/mol. The van der Waals surface area contributed by atoms with Gasteiger partial charge in [0.15, 0.2) is 0 Å². The molecule has 0 aliphatic heterocycles.